The monoisotopic (exact) mass is 422 g/mol. The standard InChI is InChI=1S/C21H24Cl2N2OS/c22-19-5-4-6-20(23)18(19)15-27-14-11-24-21(26)16-7-9-17(10-8-16)25-12-2-1-3-13-25/h4-10H,1-3,11-15H2,(H,24,26). The number of carbonyl (C=O) groups excluding carboxylic acids is 1. The lowest BCUT2D eigenvalue weighted by Crippen LogP contribution is -2.29. The summed E-state index contributed by atoms with van der Waals surface area (Å²) in [4.78, 5) is 14.7. The van der Waals surface area contributed by atoms with Crippen molar-refractivity contribution < 1.29 is 4.79 Å². The molecule has 0 unspecified atom stereocenters. The molecule has 2 aromatic rings. The van der Waals surface area contributed by atoms with Gasteiger partial charge in [-0.15, -0.1) is 0 Å². The van der Waals surface area contributed by atoms with E-state index in [0.717, 1.165) is 30.2 Å². The van der Waals surface area contributed by atoms with E-state index in [1.165, 1.54) is 24.9 Å². The van der Waals surface area contributed by atoms with E-state index < -0.39 is 0 Å². The number of thioether (sulfide) groups is 1. The third kappa shape index (κ3) is 5.81. The molecule has 0 atom stereocenters. The molecule has 0 aliphatic carbocycles. The number of halogens is 2. The predicted octanol–water partition coefficient (Wildman–Crippen LogP) is 5.65. The Hall–Kier alpha value is -1.36. The van der Waals surface area contributed by atoms with Gasteiger partial charge < -0.3 is 10.2 Å². The highest BCUT2D eigenvalue weighted by Gasteiger charge is 2.12. The van der Waals surface area contributed by atoms with Crippen LogP contribution in [-0.4, -0.2) is 31.3 Å². The van der Waals surface area contributed by atoms with Crippen LogP contribution in [0.25, 0.3) is 0 Å². The molecule has 0 spiro atoms. The second kappa shape index (κ2) is 10.3. The number of anilines is 1. The predicted molar refractivity (Wildman–Crippen MR) is 117 cm³/mol. The lowest BCUT2D eigenvalue weighted by molar-refractivity contribution is 0.0956. The van der Waals surface area contributed by atoms with Gasteiger partial charge in [0.05, 0.1) is 0 Å². The fourth-order valence-electron chi connectivity index (χ4n) is 3.16. The van der Waals surface area contributed by atoms with Crippen molar-refractivity contribution in [2.45, 2.75) is 25.0 Å². The van der Waals surface area contributed by atoms with E-state index in [4.69, 9.17) is 23.2 Å². The second-order valence-electron chi connectivity index (χ2n) is 6.60. The first-order valence-corrected chi connectivity index (χ1v) is 11.2. The molecule has 3 nitrogen and oxygen atoms in total. The van der Waals surface area contributed by atoms with Crippen LogP contribution in [0.2, 0.25) is 10.0 Å². The van der Waals surface area contributed by atoms with Crippen molar-refractivity contribution >= 4 is 46.6 Å². The van der Waals surface area contributed by atoms with Gasteiger partial charge in [-0.1, -0.05) is 29.3 Å². The van der Waals surface area contributed by atoms with Gasteiger partial charge in [0.25, 0.3) is 5.91 Å². The lowest BCUT2D eigenvalue weighted by atomic mass is 10.1. The fourth-order valence-corrected chi connectivity index (χ4v) is 4.75. The third-order valence-electron chi connectivity index (χ3n) is 4.69. The first kappa shape index (κ1) is 20.4. The Morgan fingerprint density at radius 1 is 1.00 bits per heavy atom. The SMILES string of the molecule is O=C(NCCSCc1c(Cl)cccc1Cl)c1ccc(N2CCCCC2)cc1. The zero-order valence-corrected chi connectivity index (χ0v) is 17.5. The van der Waals surface area contributed by atoms with Gasteiger partial charge in [0.2, 0.25) is 0 Å². The van der Waals surface area contributed by atoms with Crippen LogP contribution in [0, 0.1) is 0 Å². The highest BCUT2D eigenvalue weighted by Crippen LogP contribution is 2.28. The number of nitrogens with one attached hydrogen (secondary N) is 1. The molecule has 1 aliphatic rings. The molecule has 0 saturated carbocycles. The van der Waals surface area contributed by atoms with Crippen LogP contribution in [-0.2, 0) is 5.75 Å². The number of benzene rings is 2. The van der Waals surface area contributed by atoms with E-state index in [-0.39, 0.29) is 5.91 Å². The van der Waals surface area contributed by atoms with Gasteiger partial charge >= 0.3 is 0 Å². The van der Waals surface area contributed by atoms with Crippen LogP contribution in [0.3, 0.4) is 0 Å². The summed E-state index contributed by atoms with van der Waals surface area (Å²) in [5.74, 6) is 1.51. The molecule has 27 heavy (non-hydrogen) atoms. The number of rotatable bonds is 7. The molecule has 3 rings (SSSR count). The van der Waals surface area contributed by atoms with Gasteiger partial charge in [-0.25, -0.2) is 0 Å². The van der Waals surface area contributed by atoms with Crippen molar-refractivity contribution in [3.05, 3.63) is 63.6 Å². The van der Waals surface area contributed by atoms with Crippen LogP contribution in [0.4, 0.5) is 5.69 Å². The Kier molecular flexibility index (Phi) is 7.74. The molecule has 0 aromatic heterocycles. The highest BCUT2D eigenvalue weighted by molar-refractivity contribution is 7.98. The van der Waals surface area contributed by atoms with E-state index in [1.54, 1.807) is 11.8 Å². The Bertz CT molecular complexity index is 741. The van der Waals surface area contributed by atoms with Crippen molar-refractivity contribution in [1.82, 2.24) is 5.32 Å². The topological polar surface area (TPSA) is 32.3 Å². The van der Waals surface area contributed by atoms with E-state index in [2.05, 4.69) is 10.2 Å². The summed E-state index contributed by atoms with van der Waals surface area (Å²) in [7, 11) is 0. The summed E-state index contributed by atoms with van der Waals surface area (Å²) >= 11 is 14.0. The van der Waals surface area contributed by atoms with Crippen molar-refractivity contribution in [1.29, 1.82) is 0 Å². The van der Waals surface area contributed by atoms with E-state index in [0.29, 0.717) is 22.2 Å². The van der Waals surface area contributed by atoms with Crippen LogP contribution in [0.1, 0.15) is 35.2 Å². The quantitative estimate of drug-likeness (QED) is 0.585. The largest absolute Gasteiger partial charge is 0.372 e. The molecule has 1 saturated heterocycles. The van der Waals surface area contributed by atoms with Crippen LogP contribution >= 0.6 is 35.0 Å². The number of nitrogens with zero attached hydrogens (tertiary/aromatic N) is 1. The summed E-state index contributed by atoms with van der Waals surface area (Å²) in [5, 5.41) is 4.35. The maximum absolute atomic E-state index is 12.3. The molecule has 2 aromatic carbocycles. The highest BCUT2D eigenvalue weighted by atomic mass is 35.5. The Morgan fingerprint density at radius 3 is 2.33 bits per heavy atom. The number of amides is 1. The maximum Gasteiger partial charge on any atom is 0.251 e. The van der Waals surface area contributed by atoms with Crippen molar-refractivity contribution in [2.75, 3.05) is 30.3 Å². The van der Waals surface area contributed by atoms with Crippen molar-refractivity contribution in [3.8, 4) is 0 Å². The van der Waals surface area contributed by atoms with Gasteiger partial charge in [-0.3, -0.25) is 4.79 Å². The van der Waals surface area contributed by atoms with Crippen LogP contribution in [0.15, 0.2) is 42.5 Å². The minimum atomic E-state index is -0.0310. The molecule has 1 amide bonds. The van der Waals surface area contributed by atoms with Crippen LogP contribution in [0.5, 0.6) is 0 Å². The molecule has 0 bridgehead atoms. The molecule has 144 valence electrons. The first-order chi connectivity index (χ1) is 13.1. The molecular formula is C21H24Cl2N2OS. The molecular weight excluding hydrogens is 399 g/mol. The van der Waals surface area contributed by atoms with Gasteiger partial charge in [0, 0.05) is 52.4 Å². The average Bonchev–Trinajstić information content (AvgIpc) is 2.70. The Balaban J connectivity index is 1.41. The minimum Gasteiger partial charge on any atom is -0.372 e. The minimum absolute atomic E-state index is 0.0310. The van der Waals surface area contributed by atoms with Crippen molar-refractivity contribution in [3.63, 3.8) is 0 Å². The lowest BCUT2D eigenvalue weighted by Gasteiger charge is -2.28. The number of piperidine rings is 1. The zero-order valence-electron chi connectivity index (χ0n) is 15.2. The van der Waals surface area contributed by atoms with Crippen LogP contribution < -0.4 is 10.2 Å². The van der Waals surface area contributed by atoms with Gasteiger partial charge in [-0.05, 0) is 61.2 Å². The number of carbonyl (C=O) groups is 1. The third-order valence-corrected chi connectivity index (χ3v) is 6.38. The van der Waals surface area contributed by atoms with E-state index >= 15 is 0 Å². The van der Waals surface area contributed by atoms with Gasteiger partial charge in [-0.2, -0.15) is 11.8 Å². The molecule has 1 N–H and O–H groups in total. The fraction of sp³-hybridized carbons (Fsp3) is 0.381. The zero-order chi connectivity index (χ0) is 19.1. The molecule has 1 aliphatic heterocycles. The maximum atomic E-state index is 12.3. The molecule has 1 fully saturated rings. The summed E-state index contributed by atoms with van der Waals surface area (Å²) in [6, 6.07) is 13.5. The summed E-state index contributed by atoms with van der Waals surface area (Å²) in [5.41, 5.74) is 2.86. The van der Waals surface area contributed by atoms with E-state index in [9.17, 15) is 4.79 Å². The summed E-state index contributed by atoms with van der Waals surface area (Å²) < 4.78 is 0. The molecule has 6 heteroatoms. The van der Waals surface area contributed by atoms with Crippen molar-refractivity contribution in [2.24, 2.45) is 0 Å². The molecule has 0 radical (unpaired) electrons. The summed E-state index contributed by atoms with van der Waals surface area (Å²) in [6.45, 7) is 2.83. The Morgan fingerprint density at radius 2 is 1.67 bits per heavy atom. The normalized spacial score (nSPS) is 14.2. The van der Waals surface area contributed by atoms with Gasteiger partial charge in [0.15, 0.2) is 0 Å². The van der Waals surface area contributed by atoms with Gasteiger partial charge in [0.1, 0.15) is 0 Å². The summed E-state index contributed by atoms with van der Waals surface area (Å²) in [6.07, 6.45) is 3.82. The number of hydrogen-bond acceptors (Lipinski definition) is 3. The Labute approximate surface area is 175 Å². The molecule has 1 heterocycles. The first-order valence-electron chi connectivity index (χ1n) is 9.29. The number of hydrogen-bond donors (Lipinski definition) is 1. The van der Waals surface area contributed by atoms with E-state index in [1.807, 2.05) is 42.5 Å². The second-order valence-corrected chi connectivity index (χ2v) is 8.52. The smallest absolute Gasteiger partial charge is 0.251 e. The average molecular weight is 423 g/mol.